The summed E-state index contributed by atoms with van der Waals surface area (Å²) in [6.07, 6.45) is 0. The first-order valence-electron chi connectivity index (χ1n) is 10.8. The summed E-state index contributed by atoms with van der Waals surface area (Å²) in [6, 6.07) is 14.1. The van der Waals surface area contributed by atoms with Crippen LogP contribution in [0.1, 0.15) is 20.8 Å². The monoisotopic (exact) mass is 536 g/mol. The minimum Gasteiger partial charge on any atom is -0.480 e. The average molecular weight is 537 g/mol. The van der Waals surface area contributed by atoms with E-state index in [-0.39, 0.29) is 14.9 Å². The van der Waals surface area contributed by atoms with Crippen LogP contribution < -0.4 is 4.90 Å². The number of carbonyl (C=O) groups excluding carboxylic acids is 1. The highest BCUT2D eigenvalue weighted by molar-refractivity contribution is 7.89. The standard InChI is InChI=1S/C25H26Cl2N2O5S/c1-15(2)23(28(4)35(33,34)22-13-19(26)12-20(27)14-22)24(30)29(16(3)25(31)32)21-10-9-17-7-5-6-8-18(17)11-21/h5-16,23H,1-4H3,(H,31,32)/t16-,23-/m0/s1. The van der Waals surface area contributed by atoms with Crippen molar-refractivity contribution in [3.05, 3.63) is 70.7 Å². The van der Waals surface area contributed by atoms with Crippen molar-refractivity contribution in [1.29, 1.82) is 0 Å². The Morgan fingerprint density at radius 1 is 0.886 bits per heavy atom. The van der Waals surface area contributed by atoms with E-state index < -0.39 is 39.9 Å². The van der Waals surface area contributed by atoms with E-state index in [9.17, 15) is 23.1 Å². The third-order valence-corrected chi connectivity index (χ3v) is 8.04. The SMILES string of the molecule is CC(C)[C@@H](C(=O)N(c1ccc2ccccc2c1)[C@@H](C)C(=O)O)N(C)S(=O)(=O)c1cc(Cl)cc(Cl)c1. The molecule has 0 radical (unpaired) electrons. The number of hydrogen-bond acceptors (Lipinski definition) is 4. The maximum atomic E-state index is 13.9. The molecule has 7 nitrogen and oxygen atoms in total. The third-order valence-electron chi connectivity index (χ3n) is 5.78. The first-order valence-corrected chi connectivity index (χ1v) is 13.0. The zero-order chi connectivity index (χ0) is 26.1. The summed E-state index contributed by atoms with van der Waals surface area (Å²) in [6.45, 7) is 4.78. The molecule has 3 aromatic rings. The Hall–Kier alpha value is -2.65. The van der Waals surface area contributed by atoms with Gasteiger partial charge in [0.1, 0.15) is 12.1 Å². The maximum Gasteiger partial charge on any atom is 0.326 e. The summed E-state index contributed by atoms with van der Waals surface area (Å²) in [5, 5.41) is 11.8. The molecule has 3 aromatic carbocycles. The zero-order valence-corrected chi connectivity index (χ0v) is 22.0. The van der Waals surface area contributed by atoms with Crippen molar-refractivity contribution in [2.24, 2.45) is 5.92 Å². The van der Waals surface area contributed by atoms with Crippen LogP contribution in [0.5, 0.6) is 0 Å². The quantitative estimate of drug-likeness (QED) is 0.421. The van der Waals surface area contributed by atoms with E-state index in [4.69, 9.17) is 23.2 Å². The van der Waals surface area contributed by atoms with Crippen LogP contribution in [0, 0.1) is 5.92 Å². The summed E-state index contributed by atoms with van der Waals surface area (Å²) in [5.74, 6) is -2.37. The van der Waals surface area contributed by atoms with Crippen LogP contribution in [0.4, 0.5) is 5.69 Å². The van der Waals surface area contributed by atoms with Gasteiger partial charge >= 0.3 is 5.97 Å². The number of sulfonamides is 1. The van der Waals surface area contributed by atoms with E-state index in [1.54, 1.807) is 32.0 Å². The molecule has 0 spiro atoms. The molecule has 0 aromatic heterocycles. The Morgan fingerprint density at radius 2 is 1.46 bits per heavy atom. The zero-order valence-electron chi connectivity index (χ0n) is 19.6. The van der Waals surface area contributed by atoms with Crippen molar-refractivity contribution in [3.63, 3.8) is 0 Å². The van der Waals surface area contributed by atoms with E-state index in [1.165, 1.54) is 32.2 Å². The Morgan fingerprint density at radius 3 is 2.00 bits per heavy atom. The molecule has 186 valence electrons. The Kier molecular flexibility index (Phi) is 8.11. The lowest BCUT2D eigenvalue weighted by Crippen LogP contribution is -2.55. The lowest BCUT2D eigenvalue weighted by molar-refractivity contribution is -0.140. The fourth-order valence-corrected chi connectivity index (χ4v) is 6.15. The number of nitrogens with zero attached hydrogens (tertiary/aromatic N) is 2. The van der Waals surface area contributed by atoms with Crippen molar-refractivity contribution in [2.75, 3.05) is 11.9 Å². The van der Waals surface area contributed by atoms with Gasteiger partial charge < -0.3 is 5.11 Å². The summed E-state index contributed by atoms with van der Waals surface area (Å²) >= 11 is 12.0. The van der Waals surface area contributed by atoms with Gasteiger partial charge in [-0.2, -0.15) is 4.31 Å². The van der Waals surface area contributed by atoms with Crippen LogP contribution in [0.3, 0.4) is 0 Å². The van der Waals surface area contributed by atoms with Crippen LogP contribution in [0.25, 0.3) is 10.8 Å². The smallest absolute Gasteiger partial charge is 0.326 e. The molecule has 0 aliphatic carbocycles. The number of rotatable bonds is 8. The average Bonchev–Trinajstić information content (AvgIpc) is 2.78. The predicted octanol–water partition coefficient (Wildman–Crippen LogP) is 5.30. The van der Waals surface area contributed by atoms with Crippen LogP contribution in [-0.2, 0) is 19.6 Å². The molecule has 10 heteroatoms. The molecule has 0 saturated heterocycles. The highest BCUT2D eigenvalue weighted by atomic mass is 35.5. The number of carboxylic acid groups (broad SMARTS) is 1. The molecular formula is C25H26Cl2N2O5S. The van der Waals surface area contributed by atoms with Crippen molar-refractivity contribution < 1.29 is 23.1 Å². The molecule has 1 N–H and O–H groups in total. The first-order chi connectivity index (χ1) is 16.3. The topological polar surface area (TPSA) is 95.0 Å². The molecule has 0 fully saturated rings. The van der Waals surface area contributed by atoms with Crippen LogP contribution >= 0.6 is 23.2 Å². The number of carboxylic acids is 1. The van der Waals surface area contributed by atoms with Crippen molar-refractivity contribution in [2.45, 2.75) is 37.8 Å². The van der Waals surface area contributed by atoms with Gasteiger partial charge in [0, 0.05) is 22.8 Å². The molecule has 0 heterocycles. The van der Waals surface area contributed by atoms with Gasteiger partial charge in [0.25, 0.3) is 0 Å². The van der Waals surface area contributed by atoms with Crippen molar-refractivity contribution in [1.82, 2.24) is 4.31 Å². The van der Waals surface area contributed by atoms with Crippen molar-refractivity contribution >= 4 is 61.6 Å². The van der Waals surface area contributed by atoms with Gasteiger partial charge in [-0.25, -0.2) is 13.2 Å². The number of benzene rings is 3. The largest absolute Gasteiger partial charge is 0.480 e. The number of amides is 1. The Labute approximate surface area is 214 Å². The summed E-state index contributed by atoms with van der Waals surface area (Å²) < 4.78 is 27.8. The lowest BCUT2D eigenvalue weighted by atomic mass is 10.0. The molecule has 0 unspecified atom stereocenters. The van der Waals surface area contributed by atoms with E-state index in [0.29, 0.717) is 5.69 Å². The van der Waals surface area contributed by atoms with Gasteiger partial charge in [0.2, 0.25) is 15.9 Å². The molecule has 35 heavy (non-hydrogen) atoms. The minimum absolute atomic E-state index is 0.134. The van der Waals surface area contributed by atoms with Gasteiger partial charge in [0.05, 0.1) is 4.90 Å². The second-order valence-corrected chi connectivity index (χ2v) is 11.4. The third kappa shape index (κ3) is 5.62. The van der Waals surface area contributed by atoms with Crippen LogP contribution in [0.2, 0.25) is 10.0 Å². The lowest BCUT2D eigenvalue weighted by Gasteiger charge is -2.36. The van der Waals surface area contributed by atoms with Crippen LogP contribution in [-0.4, -0.2) is 48.8 Å². The molecule has 0 bridgehead atoms. The highest BCUT2D eigenvalue weighted by Crippen LogP contribution is 2.30. The second kappa shape index (κ2) is 10.5. The maximum absolute atomic E-state index is 13.9. The number of anilines is 1. The molecule has 0 aliphatic rings. The Balaban J connectivity index is 2.11. The summed E-state index contributed by atoms with van der Waals surface area (Å²) in [4.78, 5) is 26.9. The first kappa shape index (κ1) is 26.9. The summed E-state index contributed by atoms with van der Waals surface area (Å²) in [7, 11) is -2.91. The molecule has 0 aliphatic heterocycles. The van der Waals surface area contributed by atoms with Gasteiger partial charge in [0.15, 0.2) is 0 Å². The number of aliphatic carboxylic acids is 1. The van der Waals surface area contributed by atoms with Gasteiger partial charge in [-0.15, -0.1) is 0 Å². The Bertz CT molecular complexity index is 1360. The van der Waals surface area contributed by atoms with Gasteiger partial charge in [-0.05, 0) is 53.9 Å². The van der Waals surface area contributed by atoms with E-state index in [2.05, 4.69) is 0 Å². The molecule has 1 amide bonds. The number of carbonyl (C=O) groups is 2. The normalized spacial score (nSPS) is 13.7. The molecule has 0 saturated carbocycles. The minimum atomic E-state index is -4.20. The van der Waals surface area contributed by atoms with Crippen molar-refractivity contribution in [3.8, 4) is 0 Å². The number of likely N-dealkylation sites (N-methyl/N-ethyl adjacent to an activating group) is 1. The second-order valence-electron chi connectivity index (χ2n) is 8.57. The number of hydrogen-bond donors (Lipinski definition) is 1. The van der Waals surface area contributed by atoms with E-state index in [0.717, 1.165) is 20.0 Å². The van der Waals surface area contributed by atoms with E-state index >= 15 is 0 Å². The fourth-order valence-electron chi connectivity index (χ4n) is 3.97. The van der Waals surface area contributed by atoms with Crippen LogP contribution in [0.15, 0.2) is 65.6 Å². The predicted molar refractivity (Wildman–Crippen MR) is 139 cm³/mol. The molecule has 2 atom stereocenters. The number of halogens is 2. The van der Waals surface area contributed by atoms with Gasteiger partial charge in [-0.1, -0.05) is 67.4 Å². The van der Waals surface area contributed by atoms with E-state index in [1.807, 2.05) is 24.3 Å². The highest BCUT2D eigenvalue weighted by Gasteiger charge is 2.40. The summed E-state index contributed by atoms with van der Waals surface area (Å²) in [5.41, 5.74) is 0.353. The number of fused-ring (bicyclic) bond motifs is 1. The van der Waals surface area contributed by atoms with Gasteiger partial charge in [-0.3, -0.25) is 9.69 Å². The fraction of sp³-hybridized carbons (Fsp3) is 0.280. The molecular weight excluding hydrogens is 511 g/mol. The molecule has 3 rings (SSSR count).